The smallest absolute Gasteiger partial charge is 0.191 e. The molecule has 150 valence electrons. The number of anilines is 1. The minimum atomic E-state index is 0.370. The van der Waals surface area contributed by atoms with Crippen molar-refractivity contribution >= 4 is 22.3 Å². The number of hydrogen-bond acceptors (Lipinski definition) is 4. The summed E-state index contributed by atoms with van der Waals surface area (Å²) in [6.07, 6.45) is 7.85. The third kappa shape index (κ3) is 3.83. The van der Waals surface area contributed by atoms with E-state index in [1.165, 1.54) is 37.1 Å². The highest BCUT2D eigenvalue weighted by Gasteiger charge is 2.59. The molecule has 1 spiro atoms. The fourth-order valence-corrected chi connectivity index (χ4v) is 5.77. The third-order valence-corrected chi connectivity index (χ3v) is 7.65. The largest absolute Gasteiger partial charge is 0.378 e. The van der Waals surface area contributed by atoms with Crippen LogP contribution in [0, 0.1) is 5.41 Å². The van der Waals surface area contributed by atoms with Crippen LogP contribution < -0.4 is 15.5 Å². The third-order valence-electron chi connectivity index (χ3n) is 6.72. The molecule has 0 aromatic carbocycles. The van der Waals surface area contributed by atoms with Gasteiger partial charge in [-0.3, -0.25) is 4.99 Å². The standard InChI is InChI=1S/C21H34N4OS/c1-3-22-20(24-17-15-18(26-4-2)21(17)10-6-11-21)23-16-8-12-25(13-9-16)19-7-5-14-27-19/h5,7,14,16-18H,3-4,6,8-13,15H2,1-2H3,(H2,22,23,24). The van der Waals surface area contributed by atoms with Crippen molar-refractivity contribution in [2.24, 2.45) is 10.4 Å². The van der Waals surface area contributed by atoms with Crippen LogP contribution in [0.15, 0.2) is 22.5 Å². The second-order valence-corrected chi connectivity index (χ2v) is 9.07. The molecule has 1 saturated heterocycles. The lowest BCUT2D eigenvalue weighted by molar-refractivity contribution is -0.168. The van der Waals surface area contributed by atoms with Gasteiger partial charge in [-0.1, -0.05) is 6.42 Å². The lowest BCUT2D eigenvalue weighted by Crippen LogP contribution is -2.69. The van der Waals surface area contributed by atoms with E-state index < -0.39 is 0 Å². The Morgan fingerprint density at radius 1 is 1.30 bits per heavy atom. The zero-order chi connectivity index (χ0) is 18.7. The van der Waals surface area contributed by atoms with Gasteiger partial charge in [0.05, 0.1) is 11.1 Å². The molecule has 2 unspecified atom stereocenters. The Hall–Kier alpha value is -1.27. The van der Waals surface area contributed by atoms with Crippen molar-refractivity contribution in [1.29, 1.82) is 0 Å². The number of guanidine groups is 1. The second-order valence-electron chi connectivity index (χ2n) is 8.14. The average molecular weight is 391 g/mol. The van der Waals surface area contributed by atoms with Crippen molar-refractivity contribution < 1.29 is 4.74 Å². The normalized spacial score (nSPS) is 27.9. The van der Waals surface area contributed by atoms with Crippen LogP contribution in [0.2, 0.25) is 0 Å². The van der Waals surface area contributed by atoms with E-state index in [1.807, 2.05) is 11.3 Å². The lowest BCUT2D eigenvalue weighted by Gasteiger charge is -2.61. The van der Waals surface area contributed by atoms with Gasteiger partial charge in [-0.25, -0.2) is 0 Å². The number of nitrogens with zero attached hydrogens (tertiary/aromatic N) is 2. The molecule has 5 nitrogen and oxygen atoms in total. The zero-order valence-electron chi connectivity index (χ0n) is 16.7. The summed E-state index contributed by atoms with van der Waals surface area (Å²) in [5.74, 6) is 1.01. The van der Waals surface area contributed by atoms with Gasteiger partial charge in [0.1, 0.15) is 0 Å². The Balaban J connectivity index is 1.30. The zero-order valence-corrected chi connectivity index (χ0v) is 17.6. The van der Waals surface area contributed by atoms with Gasteiger partial charge < -0.3 is 20.3 Å². The first kappa shape index (κ1) is 19.1. The first-order chi connectivity index (χ1) is 13.2. The molecule has 1 aromatic heterocycles. The number of thiophene rings is 1. The molecule has 2 saturated carbocycles. The maximum absolute atomic E-state index is 6.00. The van der Waals surface area contributed by atoms with E-state index in [1.54, 1.807) is 0 Å². The van der Waals surface area contributed by atoms with E-state index in [4.69, 9.17) is 9.73 Å². The summed E-state index contributed by atoms with van der Waals surface area (Å²) in [6, 6.07) is 5.41. The molecular formula is C21H34N4OS. The van der Waals surface area contributed by atoms with Crippen molar-refractivity contribution in [3.8, 4) is 0 Å². The average Bonchev–Trinajstić information content (AvgIpc) is 3.15. The molecule has 2 N–H and O–H groups in total. The van der Waals surface area contributed by atoms with E-state index in [2.05, 4.69) is 46.9 Å². The van der Waals surface area contributed by atoms with E-state index in [0.29, 0.717) is 23.6 Å². The minimum absolute atomic E-state index is 0.370. The number of nitrogens with one attached hydrogen (secondary N) is 2. The molecule has 2 heterocycles. The van der Waals surface area contributed by atoms with Crippen LogP contribution in [0.3, 0.4) is 0 Å². The van der Waals surface area contributed by atoms with E-state index in [-0.39, 0.29) is 0 Å². The summed E-state index contributed by atoms with van der Waals surface area (Å²) >= 11 is 1.84. The molecule has 2 atom stereocenters. The lowest BCUT2D eigenvalue weighted by atomic mass is 9.51. The number of rotatable bonds is 6. The van der Waals surface area contributed by atoms with Crippen LogP contribution in [0.5, 0.6) is 0 Å². The number of aliphatic imine (C=N–C) groups is 1. The molecule has 0 amide bonds. The van der Waals surface area contributed by atoms with E-state index >= 15 is 0 Å². The van der Waals surface area contributed by atoms with Gasteiger partial charge in [0.2, 0.25) is 0 Å². The maximum atomic E-state index is 6.00. The van der Waals surface area contributed by atoms with Crippen molar-refractivity contribution in [2.45, 2.75) is 70.6 Å². The van der Waals surface area contributed by atoms with Crippen LogP contribution >= 0.6 is 11.3 Å². The van der Waals surface area contributed by atoms with Gasteiger partial charge in [-0.2, -0.15) is 0 Å². The summed E-state index contributed by atoms with van der Waals surface area (Å²) in [5.41, 5.74) is 0.370. The molecular weight excluding hydrogens is 356 g/mol. The van der Waals surface area contributed by atoms with Crippen LogP contribution in [0.4, 0.5) is 5.00 Å². The molecule has 3 aliphatic rings. The second kappa shape index (κ2) is 8.39. The maximum Gasteiger partial charge on any atom is 0.191 e. The molecule has 27 heavy (non-hydrogen) atoms. The van der Waals surface area contributed by atoms with E-state index in [0.717, 1.165) is 38.6 Å². The fraction of sp³-hybridized carbons (Fsp3) is 0.762. The first-order valence-electron chi connectivity index (χ1n) is 10.7. The van der Waals surface area contributed by atoms with Gasteiger partial charge in [-0.05, 0) is 63.5 Å². The number of piperidine rings is 1. The fourth-order valence-electron chi connectivity index (χ4n) is 4.98. The Kier molecular flexibility index (Phi) is 5.93. The Bertz CT molecular complexity index is 620. The Morgan fingerprint density at radius 3 is 2.70 bits per heavy atom. The van der Waals surface area contributed by atoms with Crippen LogP contribution in [-0.4, -0.2) is 50.4 Å². The van der Waals surface area contributed by atoms with Crippen molar-refractivity contribution in [2.75, 3.05) is 31.1 Å². The predicted octanol–water partition coefficient (Wildman–Crippen LogP) is 3.62. The molecule has 1 aliphatic heterocycles. The summed E-state index contributed by atoms with van der Waals surface area (Å²) in [6.45, 7) is 8.12. The summed E-state index contributed by atoms with van der Waals surface area (Å²) in [4.78, 5) is 7.25. The van der Waals surface area contributed by atoms with Crippen LogP contribution in [0.1, 0.15) is 52.4 Å². The summed E-state index contributed by atoms with van der Waals surface area (Å²) in [5, 5.41) is 11.1. The van der Waals surface area contributed by atoms with E-state index in [9.17, 15) is 0 Å². The summed E-state index contributed by atoms with van der Waals surface area (Å²) in [7, 11) is 0. The van der Waals surface area contributed by atoms with Crippen LogP contribution in [-0.2, 0) is 4.74 Å². The molecule has 2 aliphatic carbocycles. The molecule has 0 bridgehead atoms. The minimum Gasteiger partial charge on any atom is -0.378 e. The first-order valence-corrected chi connectivity index (χ1v) is 11.6. The number of hydrogen-bond donors (Lipinski definition) is 2. The van der Waals surface area contributed by atoms with Gasteiger partial charge >= 0.3 is 0 Å². The highest BCUT2D eigenvalue weighted by molar-refractivity contribution is 7.14. The van der Waals surface area contributed by atoms with Gasteiger partial charge in [0.15, 0.2) is 5.96 Å². The molecule has 4 rings (SSSR count). The SMILES string of the molecule is CCN=C(NC1CCN(c2cccs2)CC1)NC1CC(OCC)C12CCC2. The molecule has 1 aromatic rings. The van der Waals surface area contributed by atoms with Crippen LogP contribution in [0.25, 0.3) is 0 Å². The van der Waals surface area contributed by atoms with Gasteiger partial charge in [0.25, 0.3) is 0 Å². The Labute approximate surface area is 167 Å². The Morgan fingerprint density at radius 2 is 2.11 bits per heavy atom. The highest BCUT2D eigenvalue weighted by atomic mass is 32.1. The summed E-state index contributed by atoms with van der Waals surface area (Å²) < 4.78 is 6.00. The van der Waals surface area contributed by atoms with Crippen molar-refractivity contribution in [1.82, 2.24) is 10.6 Å². The van der Waals surface area contributed by atoms with Gasteiger partial charge in [0, 0.05) is 43.7 Å². The molecule has 0 radical (unpaired) electrons. The topological polar surface area (TPSA) is 48.9 Å². The molecule has 3 fully saturated rings. The monoisotopic (exact) mass is 390 g/mol. The van der Waals surface area contributed by atoms with Crippen molar-refractivity contribution in [3.63, 3.8) is 0 Å². The van der Waals surface area contributed by atoms with Crippen molar-refractivity contribution in [3.05, 3.63) is 17.5 Å². The van der Waals surface area contributed by atoms with Gasteiger partial charge in [-0.15, -0.1) is 11.3 Å². The number of ether oxygens (including phenoxy) is 1. The highest BCUT2D eigenvalue weighted by Crippen LogP contribution is 2.57. The quantitative estimate of drug-likeness (QED) is 0.575. The predicted molar refractivity (Wildman–Crippen MR) is 114 cm³/mol. The molecule has 6 heteroatoms.